The summed E-state index contributed by atoms with van der Waals surface area (Å²) in [7, 11) is 1.50. The van der Waals surface area contributed by atoms with Gasteiger partial charge < -0.3 is 4.74 Å². The van der Waals surface area contributed by atoms with Gasteiger partial charge in [0, 0.05) is 6.54 Å². The number of ketones is 1. The highest BCUT2D eigenvalue weighted by atomic mass is 19.1. The van der Waals surface area contributed by atoms with Gasteiger partial charge in [-0.05, 0) is 43.5 Å². The number of hydrogen-bond acceptors (Lipinski definition) is 3. The molecule has 20 heavy (non-hydrogen) atoms. The second kappa shape index (κ2) is 6.84. The minimum Gasteiger partial charge on any atom is -0.496 e. The van der Waals surface area contributed by atoms with E-state index in [1.54, 1.807) is 0 Å². The highest BCUT2D eigenvalue weighted by Gasteiger charge is 2.22. The van der Waals surface area contributed by atoms with E-state index in [2.05, 4.69) is 11.8 Å². The number of carbonyl (C=O) groups excluding carboxylic acids is 1. The smallest absolute Gasteiger partial charge is 0.180 e. The van der Waals surface area contributed by atoms with Gasteiger partial charge in [0.05, 0.1) is 19.2 Å². The molecule has 4 heteroatoms. The zero-order valence-corrected chi connectivity index (χ0v) is 12.2. The van der Waals surface area contributed by atoms with Gasteiger partial charge in [-0.2, -0.15) is 0 Å². The second-order valence-electron chi connectivity index (χ2n) is 5.39. The maximum absolute atomic E-state index is 13.3. The molecule has 0 unspecified atom stereocenters. The van der Waals surface area contributed by atoms with Crippen LogP contribution in [0.2, 0.25) is 0 Å². The quantitative estimate of drug-likeness (QED) is 0.718. The normalized spacial score (nSPS) is 15.2. The molecule has 0 radical (unpaired) electrons. The molecular formula is C16H22FNO2. The van der Waals surface area contributed by atoms with Crippen molar-refractivity contribution in [2.45, 2.75) is 26.2 Å². The topological polar surface area (TPSA) is 29.5 Å². The molecule has 2 rings (SSSR count). The van der Waals surface area contributed by atoms with Gasteiger partial charge in [-0.3, -0.25) is 9.69 Å². The van der Waals surface area contributed by atoms with E-state index in [1.165, 1.54) is 44.6 Å². The van der Waals surface area contributed by atoms with Crippen molar-refractivity contribution in [2.75, 3.05) is 26.7 Å². The minimum absolute atomic E-state index is 0.0810. The SMILES string of the molecule is CCN(CC(=O)c1cc(F)ccc1OC)CC1CCC1. The summed E-state index contributed by atoms with van der Waals surface area (Å²) in [5, 5.41) is 0. The van der Waals surface area contributed by atoms with Crippen LogP contribution in [0.25, 0.3) is 0 Å². The first kappa shape index (κ1) is 15.0. The lowest BCUT2D eigenvalue weighted by Crippen LogP contribution is -2.36. The largest absolute Gasteiger partial charge is 0.496 e. The Labute approximate surface area is 119 Å². The van der Waals surface area contributed by atoms with Gasteiger partial charge in [-0.15, -0.1) is 0 Å². The number of rotatable bonds is 7. The van der Waals surface area contributed by atoms with Crippen LogP contribution in [0.4, 0.5) is 4.39 Å². The van der Waals surface area contributed by atoms with Crippen molar-refractivity contribution in [2.24, 2.45) is 5.92 Å². The molecule has 110 valence electrons. The van der Waals surface area contributed by atoms with E-state index in [-0.39, 0.29) is 5.78 Å². The van der Waals surface area contributed by atoms with Gasteiger partial charge >= 0.3 is 0 Å². The molecule has 0 saturated heterocycles. The number of methoxy groups -OCH3 is 1. The number of benzene rings is 1. The van der Waals surface area contributed by atoms with E-state index >= 15 is 0 Å². The monoisotopic (exact) mass is 279 g/mol. The molecule has 1 aliphatic rings. The molecule has 3 nitrogen and oxygen atoms in total. The third-order valence-corrected chi connectivity index (χ3v) is 4.02. The highest BCUT2D eigenvalue weighted by Crippen LogP contribution is 2.27. The number of halogens is 1. The van der Waals surface area contributed by atoms with Crippen molar-refractivity contribution in [1.82, 2.24) is 4.90 Å². The van der Waals surface area contributed by atoms with Crippen molar-refractivity contribution in [3.63, 3.8) is 0 Å². The van der Waals surface area contributed by atoms with Gasteiger partial charge in [0.1, 0.15) is 11.6 Å². The van der Waals surface area contributed by atoms with Crippen LogP contribution in [0.1, 0.15) is 36.5 Å². The Morgan fingerprint density at radius 3 is 2.75 bits per heavy atom. The number of carbonyl (C=O) groups is 1. The van der Waals surface area contributed by atoms with E-state index in [0.29, 0.717) is 17.9 Å². The summed E-state index contributed by atoms with van der Waals surface area (Å²) in [6.07, 6.45) is 3.82. The molecule has 1 aliphatic carbocycles. The Hall–Kier alpha value is -1.42. The van der Waals surface area contributed by atoms with Crippen LogP contribution in [0.5, 0.6) is 5.75 Å². The van der Waals surface area contributed by atoms with Crippen LogP contribution < -0.4 is 4.74 Å². The fourth-order valence-corrected chi connectivity index (χ4v) is 2.53. The van der Waals surface area contributed by atoms with Crippen molar-refractivity contribution in [1.29, 1.82) is 0 Å². The standard InChI is InChI=1S/C16H22FNO2/c1-3-18(10-12-5-4-6-12)11-15(19)14-9-13(17)7-8-16(14)20-2/h7-9,12H,3-6,10-11H2,1-2H3. The number of hydrogen-bond donors (Lipinski definition) is 0. The molecule has 1 aromatic carbocycles. The molecule has 0 amide bonds. The van der Waals surface area contributed by atoms with Crippen molar-refractivity contribution in [3.05, 3.63) is 29.6 Å². The maximum atomic E-state index is 13.3. The lowest BCUT2D eigenvalue weighted by molar-refractivity contribution is 0.0901. The van der Waals surface area contributed by atoms with Crippen LogP contribution in [-0.4, -0.2) is 37.4 Å². The summed E-state index contributed by atoms with van der Waals surface area (Å²) < 4.78 is 18.5. The van der Waals surface area contributed by atoms with Crippen LogP contribution in [0.3, 0.4) is 0 Å². The van der Waals surface area contributed by atoms with Crippen LogP contribution in [0, 0.1) is 11.7 Å². The maximum Gasteiger partial charge on any atom is 0.180 e. The Morgan fingerprint density at radius 2 is 2.20 bits per heavy atom. The Bertz CT molecular complexity index is 472. The number of Topliss-reactive ketones (excluding diaryl/α,β-unsaturated/α-hetero) is 1. The summed E-state index contributed by atoms with van der Waals surface area (Å²) in [4.78, 5) is 14.5. The van der Waals surface area contributed by atoms with Crippen molar-refractivity contribution >= 4 is 5.78 Å². The fourth-order valence-electron chi connectivity index (χ4n) is 2.53. The van der Waals surface area contributed by atoms with Crippen LogP contribution in [0.15, 0.2) is 18.2 Å². The molecule has 0 N–H and O–H groups in total. The Kier molecular flexibility index (Phi) is 5.12. The van der Waals surface area contributed by atoms with Gasteiger partial charge in [0.15, 0.2) is 5.78 Å². The first-order chi connectivity index (χ1) is 9.63. The Morgan fingerprint density at radius 1 is 1.45 bits per heavy atom. The molecule has 0 aromatic heterocycles. The molecular weight excluding hydrogens is 257 g/mol. The average Bonchev–Trinajstić information content (AvgIpc) is 2.41. The Balaban J connectivity index is 2.03. The van der Waals surface area contributed by atoms with Gasteiger partial charge in [-0.1, -0.05) is 13.3 Å². The van der Waals surface area contributed by atoms with Gasteiger partial charge in [0.2, 0.25) is 0 Å². The third kappa shape index (κ3) is 3.57. The molecule has 1 saturated carbocycles. The zero-order chi connectivity index (χ0) is 14.5. The predicted molar refractivity (Wildman–Crippen MR) is 76.7 cm³/mol. The lowest BCUT2D eigenvalue weighted by Gasteiger charge is -2.31. The molecule has 1 aromatic rings. The van der Waals surface area contributed by atoms with Crippen LogP contribution in [-0.2, 0) is 0 Å². The third-order valence-electron chi connectivity index (χ3n) is 4.02. The first-order valence-electron chi connectivity index (χ1n) is 7.23. The number of likely N-dealkylation sites (N-methyl/N-ethyl adjacent to an activating group) is 1. The number of ether oxygens (including phenoxy) is 1. The molecule has 1 fully saturated rings. The molecule has 0 bridgehead atoms. The second-order valence-corrected chi connectivity index (χ2v) is 5.39. The van der Waals surface area contributed by atoms with E-state index in [0.717, 1.165) is 19.0 Å². The van der Waals surface area contributed by atoms with Crippen LogP contribution >= 0.6 is 0 Å². The van der Waals surface area contributed by atoms with Crippen molar-refractivity contribution in [3.8, 4) is 5.75 Å². The highest BCUT2D eigenvalue weighted by molar-refractivity contribution is 6.00. The summed E-state index contributed by atoms with van der Waals surface area (Å²) in [5.74, 6) is 0.673. The van der Waals surface area contributed by atoms with E-state index in [1.807, 2.05) is 0 Å². The van der Waals surface area contributed by atoms with E-state index < -0.39 is 5.82 Å². The molecule has 0 spiro atoms. The van der Waals surface area contributed by atoms with Gasteiger partial charge in [-0.25, -0.2) is 4.39 Å². The van der Waals surface area contributed by atoms with E-state index in [9.17, 15) is 9.18 Å². The van der Waals surface area contributed by atoms with E-state index in [4.69, 9.17) is 4.74 Å². The molecule has 0 heterocycles. The minimum atomic E-state index is -0.406. The summed E-state index contributed by atoms with van der Waals surface area (Å²) in [6.45, 7) is 4.17. The summed E-state index contributed by atoms with van der Waals surface area (Å²) in [5.41, 5.74) is 0.333. The summed E-state index contributed by atoms with van der Waals surface area (Å²) in [6, 6.07) is 4.07. The fraction of sp³-hybridized carbons (Fsp3) is 0.562. The number of nitrogens with zero attached hydrogens (tertiary/aromatic N) is 1. The van der Waals surface area contributed by atoms with Gasteiger partial charge in [0.25, 0.3) is 0 Å². The first-order valence-corrected chi connectivity index (χ1v) is 7.23. The van der Waals surface area contributed by atoms with Crippen molar-refractivity contribution < 1.29 is 13.9 Å². The molecule has 0 aliphatic heterocycles. The summed E-state index contributed by atoms with van der Waals surface area (Å²) >= 11 is 0. The molecule has 0 atom stereocenters. The zero-order valence-electron chi connectivity index (χ0n) is 12.2. The average molecular weight is 279 g/mol. The predicted octanol–water partition coefficient (Wildman–Crippen LogP) is 3.14. The lowest BCUT2D eigenvalue weighted by atomic mass is 9.85.